The molecule has 0 amide bonds. The Labute approximate surface area is 93.1 Å². The maximum Gasteiger partial charge on any atom is 0.113 e. The number of nitrogens with two attached hydrogens (primary N) is 1. The molecular formula is C11H15IN+. The molecule has 1 fully saturated rings. The number of hydrogen-bond donors (Lipinski definition) is 1. The van der Waals surface area contributed by atoms with Crippen molar-refractivity contribution in [2.45, 2.75) is 25.3 Å². The van der Waals surface area contributed by atoms with Crippen LogP contribution in [0.15, 0.2) is 24.3 Å². The molecule has 1 heterocycles. The molecule has 1 atom stereocenters. The van der Waals surface area contributed by atoms with E-state index in [0.717, 1.165) is 6.04 Å². The van der Waals surface area contributed by atoms with Gasteiger partial charge >= 0.3 is 0 Å². The monoisotopic (exact) mass is 288 g/mol. The summed E-state index contributed by atoms with van der Waals surface area (Å²) < 4.78 is 1.42. The van der Waals surface area contributed by atoms with Gasteiger partial charge in [0.1, 0.15) is 6.04 Å². The van der Waals surface area contributed by atoms with E-state index in [2.05, 4.69) is 52.2 Å². The Bertz CT molecular complexity index is 279. The van der Waals surface area contributed by atoms with Crippen molar-refractivity contribution in [2.75, 3.05) is 6.54 Å². The van der Waals surface area contributed by atoms with Crippen LogP contribution in [0.3, 0.4) is 0 Å². The highest BCUT2D eigenvalue weighted by molar-refractivity contribution is 14.1. The van der Waals surface area contributed by atoms with Crippen LogP contribution in [0.1, 0.15) is 30.9 Å². The average Bonchev–Trinajstić information content (AvgIpc) is 2.20. The fourth-order valence-corrected chi connectivity index (χ4v) is 2.79. The number of halogens is 1. The lowest BCUT2D eigenvalue weighted by Crippen LogP contribution is -2.86. The molecule has 2 N–H and O–H groups in total. The Morgan fingerprint density at radius 2 is 2.08 bits per heavy atom. The Morgan fingerprint density at radius 3 is 2.77 bits per heavy atom. The van der Waals surface area contributed by atoms with Gasteiger partial charge in [-0.05, 0) is 41.5 Å². The number of quaternary nitrogens is 1. The molecule has 1 saturated heterocycles. The molecule has 1 aliphatic heterocycles. The van der Waals surface area contributed by atoms with Crippen LogP contribution in [-0.2, 0) is 0 Å². The number of rotatable bonds is 1. The van der Waals surface area contributed by atoms with E-state index in [9.17, 15) is 0 Å². The van der Waals surface area contributed by atoms with Gasteiger partial charge in [-0.25, -0.2) is 0 Å². The summed E-state index contributed by atoms with van der Waals surface area (Å²) in [6.07, 6.45) is 4.13. The second kappa shape index (κ2) is 4.42. The fourth-order valence-electron chi connectivity index (χ4n) is 2.00. The molecule has 2 heteroatoms. The fraction of sp³-hybridized carbons (Fsp3) is 0.455. The van der Waals surface area contributed by atoms with E-state index in [4.69, 9.17) is 0 Å². The molecular weight excluding hydrogens is 273 g/mol. The van der Waals surface area contributed by atoms with Crippen molar-refractivity contribution in [3.05, 3.63) is 33.4 Å². The van der Waals surface area contributed by atoms with Gasteiger partial charge in [0.05, 0.1) is 6.54 Å². The molecule has 1 aromatic rings. The van der Waals surface area contributed by atoms with Crippen molar-refractivity contribution >= 4 is 22.6 Å². The lowest BCUT2D eigenvalue weighted by atomic mass is 9.98. The molecule has 70 valence electrons. The smallest absolute Gasteiger partial charge is 0.113 e. The summed E-state index contributed by atoms with van der Waals surface area (Å²) in [7, 11) is 0. The van der Waals surface area contributed by atoms with Gasteiger partial charge in [0.15, 0.2) is 0 Å². The van der Waals surface area contributed by atoms with Crippen LogP contribution in [0.4, 0.5) is 0 Å². The van der Waals surface area contributed by atoms with Crippen molar-refractivity contribution in [2.24, 2.45) is 0 Å². The van der Waals surface area contributed by atoms with Crippen LogP contribution in [0, 0.1) is 3.57 Å². The highest BCUT2D eigenvalue weighted by Crippen LogP contribution is 2.22. The highest BCUT2D eigenvalue weighted by Gasteiger charge is 2.19. The van der Waals surface area contributed by atoms with Crippen molar-refractivity contribution < 1.29 is 5.32 Å². The minimum atomic E-state index is 0.724. The first-order valence-corrected chi connectivity index (χ1v) is 6.03. The Balaban J connectivity index is 2.18. The van der Waals surface area contributed by atoms with Crippen molar-refractivity contribution in [3.63, 3.8) is 0 Å². The van der Waals surface area contributed by atoms with E-state index in [0.29, 0.717) is 0 Å². The lowest BCUT2D eigenvalue weighted by molar-refractivity contribution is -0.704. The van der Waals surface area contributed by atoms with E-state index in [1.54, 1.807) is 0 Å². The van der Waals surface area contributed by atoms with Crippen LogP contribution in [-0.4, -0.2) is 6.54 Å². The molecule has 0 saturated carbocycles. The van der Waals surface area contributed by atoms with Gasteiger partial charge < -0.3 is 5.32 Å². The first-order valence-electron chi connectivity index (χ1n) is 4.95. The van der Waals surface area contributed by atoms with E-state index in [-0.39, 0.29) is 0 Å². The minimum absolute atomic E-state index is 0.724. The normalized spacial score (nSPS) is 23.0. The Kier molecular flexibility index (Phi) is 3.22. The quantitative estimate of drug-likeness (QED) is 0.762. The summed E-state index contributed by atoms with van der Waals surface area (Å²) in [4.78, 5) is 0. The summed E-state index contributed by atoms with van der Waals surface area (Å²) in [5.41, 5.74) is 1.53. The van der Waals surface area contributed by atoms with Gasteiger partial charge in [-0.3, -0.25) is 0 Å². The molecule has 2 rings (SSSR count). The van der Waals surface area contributed by atoms with Gasteiger partial charge in [-0.1, -0.05) is 18.2 Å². The number of hydrogen-bond acceptors (Lipinski definition) is 0. The minimum Gasteiger partial charge on any atom is -0.340 e. The lowest BCUT2D eigenvalue weighted by Gasteiger charge is -2.21. The van der Waals surface area contributed by atoms with E-state index >= 15 is 0 Å². The molecule has 0 unspecified atom stereocenters. The molecule has 13 heavy (non-hydrogen) atoms. The summed E-state index contributed by atoms with van der Waals surface area (Å²) in [6.45, 7) is 1.30. The van der Waals surface area contributed by atoms with Crippen LogP contribution >= 0.6 is 22.6 Å². The summed E-state index contributed by atoms with van der Waals surface area (Å²) in [5, 5.41) is 2.49. The average molecular weight is 288 g/mol. The summed E-state index contributed by atoms with van der Waals surface area (Å²) in [6, 6.07) is 9.47. The zero-order chi connectivity index (χ0) is 9.10. The van der Waals surface area contributed by atoms with E-state index in [1.165, 1.54) is 34.9 Å². The van der Waals surface area contributed by atoms with Gasteiger partial charge in [-0.2, -0.15) is 0 Å². The molecule has 0 radical (unpaired) electrons. The van der Waals surface area contributed by atoms with Crippen LogP contribution in [0.25, 0.3) is 0 Å². The molecule has 0 aromatic heterocycles. The summed E-state index contributed by atoms with van der Waals surface area (Å²) in [5.74, 6) is 0. The van der Waals surface area contributed by atoms with Gasteiger partial charge in [-0.15, -0.1) is 0 Å². The molecule has 1 aromatic carbocycles. The summed E-state index contributed by atoms with van der Waals surface area (Å²) >= 11 is 2.44. The van der Waals surface area contributed by atoms with E-state index < -0.39 is 0 Å². The maximum atomic E-state index is 2.49. The number of benzene rings is 1. The third kappa shape index (κ3) is 2.23. The van der Waals surface area contributed by atoms with Crippen LogP contribution in [0.5, 0.6) is 0 Å². The van der Waals surface area contributed by atoms with Crippen LogP contribution in [0.2, 0.25) is 0 Å². The highest BCUT2D eigenvalue weighted by atomic mass is 127. The SMILES string of the molecule is Ic1ccccc1[C@H]1CCCC[NH2+]1. The van der Waals surface area contributed by atoms with Gasteiger partial charge in [0, 0.05) is 15.6 Å². The molecule has 1 nitrogen and oxygen atoms in total. The third-order valence-electron chi connectivity index (χ3n) is 2.73. The largest absolute Gasteiger partial charge is 0.340 e. The maximum absolute atomic E-state index is 2.49. The molecule has 0 bridgehead atoms. The van der Waals surface area contributed by atoms with Gasteiger partial charge in [0.2, 0.25) is 0 Å². The van der Waals surface area contributed by atoms with Crippen molar-refractivity contribution in [1.82, 2.24) is 0 Å². The Hall–Kier alpha value is -0.0900. The standard InChI is InChI=1S/C11H14IN/c12-10-6-2-1-5-9(10)11-7-3-4-8-13-11/h1-2,5-6,11,13H,3-4,7-8H2/p+1/t11-/m1/s1. The van der Waals surface area contributed by atoms with Crippen molar-refractivity contribution in [3.8, 4) is 0 Å². The molecule has 1 aliphatic rings. The predicted octanol–water partition coefficient (Wildman–Crippen LogP) is 2.08. The molecule has 0 aliphatic carbocycles. The third-order valence-corrected chi connectivity index (χ3v) is 3.71. The number of piperidine rings is 1. The Morgan fingerprint density at radius 1 is 1.23 bits per heavy atom. The molecule has 0 spiro atoms. The zero-order valence-corrected chi connectivity index (χ0v) is 9.83. The van der Waals surface area contributed by atoms with Crippen LogP contribution < -0.4 is 5.32 Å². The first-order chi connectivity index (χ1) is 6.38. The first kappa shape index (κ1) is 9.46. The van der Waals surface area contributed by atoms with E-state index in [1.807, 2.05) is 0 Å². The second-order valence-electron chi connectivity index (χ2n) is 3.65. The zero-order valence-electron chi connectivity index (χ0n) is 7.67. The second-order valence-corrected chi connectivity index (χ2v) is 4.81. The van der Waals surface area contributed by atoms with Gasteiger partial charge in [0.25, 0.3) is 0 Å². The predicted molar refractivity (Wildman–Crippen MR) is 62.5 cm³/mol. The topological polar surface area (TPSA) is 16.6 Å². The van der Waals surface area contributed by atoms with Crippen molar-refractivity contribution in [1.29, 1.82) is 0 Å².